The molecule has 4 saturated carbocycles. The van der Waals surface area contributed by atoms with E-state index in [0.717, 1.165) is 57.2 Å². The zero-order valence-electron chi connectivity index (χ0n) is 20.9. The fourth-order valence-electron chi connectivity index (χ4n) is 9.95. The average Bonchev–Trinajstić information content (AvgIpc) is 3.31. The van der Waals surface area contributed by atoms with E-state index >= 15 is 0 Å². The molecule has 5 aliphatic rings. The molecule has 33 heavy (non-hydrogen) atoms. The lowest BCUT2D eigenvalue weighted by molar-refractivity contribution is -0.235. The highest BCUT2D eigenvalue weighted by Gasteiger charge is 2.67. The summed E-state index contributed by atoms with van der Waals surface area (Å²) in [7, 11) is 0. The Morgan fingerprint density at radius 1 is 1.09 bits per heavy atom. The molecular weight excluding hydrogens is 414 g/mol. The molecule has 0 aromatic heterocycles. The van der Waals surface area contributed by atoms with Crippen molar-refractivity contribution in [1.29, 1.82) is 0 Å². The molecule has 0 amide bonds. The van der Waals surface area contributed by atoms with Crippen LogP contribution in [0.4, 0.5) is 0 Å². The molecule has 5 N–H and O–H groups in total. The van der Waals surface area contributed by atoms with E-state index in [1.807, 2.05) is 0 Å². The molecule has 0 aromatic rings. The Hall–Kier alpha value is -1.11. The number of aliphatic hydroxyl groups is 3. The van der Waals surface area contributed by atoms with E-state index in [1.54, 1.807) is 0 Å². The second-order valence-electron chi connectivity index (χ2n) is 12.7. The first-order valence-corrected chi connectivity index (χ1v) is 13.4. The fourth-order valence-corrected chi connectivity index (χ4v) is 9.95. The van der Waals surface area contributed by atoms with E-state index in [-0.39, 0.29) is 46.9 Å². The topological polar surface area (TPSA) is 97.1 Å². The largest absolute Gasteiger partial charge is 0.393 e. The molecule has 0 saturated heterocycles. The van der Waals surface area contributed by atoms with Crippen molar-refractivity contribution in [1.82, 2.24) is 10.9 Å². The minimum Gasteiger partial charge on any atom is -0.393 e. The zero-order valence-corrected chi connectivity index (χ0v) is 20.9. The lowest BCUT2D eigenvalue weighted by Gasteiger charge is -2.66. The van der Waals surface area contributed by atoms with Crippen LogP contribution in [-0.4, -0.2) is 39.5 Å². The normalized spacial score (nSPS) is 52.2. The highest BCUT2D eigenvalue weighted by molar-refractivity contribution is 5.84. The van der Waals surface area contributed by atoms with Gasteiger partial charge in [0.2, 0.25) is 0 Å². The average molecular weight is 460 g/mol. The van der Waals surface area contributed by atoms with Crippen LogP contribution in [0.1, 0.15) is 79.1 Å². The molecule has 6 heteroatoms. The summed E-state index contributed by atoms with van der Waals surface area (Å²) in [5.74, 6) is 3.80. The van der Waals surface area contributed by atoms with Gasteiger partial charge in [0.15, 0.2) is 0 Å². The Bertz CT molecular complexity index is 816. The standard InChI is InChI=1S/C27H45N3O3/c1-6-17-20-12-16(31)9-10-26(20,4)24-21(32)13-27(5)18(7-8-19(27)23(24)25(17)33)14(2)11-22-28-15(3)29-30-22/h14,16-21,23-25,29,31-33H,3,6-13H2,1-2,4-5H3,(H,28,30)/t14-,16-,17-,18-,19?,20+,21+,23?,24?,25-,26+,27-/m1/s1. The third-order valence-electron chi connectivity index (χ3n) is 11.2. The summed E-state index contributed by atoms with van der Waals surface area (Å²) < 4.78 is 0. The van der Waals surface area contributed by atoms with E-state index in [2.05, 4.69) is 50.1 Å². The molecule has 186 valence electrons. The van der Waals surface area contributed by atoms with Crippen molar-refractivity contribution in [3.8, 4) is 0 Å². The molecule has 12 atom stereocenters. The van der Waals surface area contributed by atoms with Crippen LogP contribution in [0.5, 0.6) is 0 Å². The molecule has 4 aliphatic carbocycles. The summed E-state index contributed by atoms with van der Waals surface area (Å²) in [6, 6.07) is 0. The van der Waals surface area contributed by atoms with Crippen LogP contribution in [0.3, 0.4) is 0 Å². The number of aliphatic imine (C=N–C) groups is 1. The van der Waals surface area contributed by atoms with Gasteiger partial charge in [0.1, 0.15) is 11.7 Å². The van der Waals surface area contributed by atoms with Gasteiger partial charge in [-0.2, -0.15) is 0 Å². The molecule has 0 aromatic carbocycles. The van der Waals surface area contributed by atoms with Crippen LogP contribution >= 0.6 is 0 Å². The van der Waals surface area contributed by atoms with Crippen molar-refractivity contribution < 1.29 is 15.3 Å². The summed E-state index contributed by atoms with van der Waals surface area (Å²) in [5, 5.41) is 34.1. The number of nitrogens with one attached hydrogen (secondary N) is 2. The van der Waals surface area contributed by atoms with Gasteiger partial charge in [-0.05, 0) is 90.8 Å². The molecule has 5 rings (SSSR count). The second-order valence-corrected chi connectivity index (χ2v) is 12.7. The highest BCUT2D eigenvalue weighted by Crippen LogP contribution is 2.69. The van der Waals surface area contributed by atoms with Gasteiger partial charge in [0.05, 0.1) is 18.3 Å². The number of hydrazine groups is 1. The summed E-state index contributed by atoms with van der Waals surface area (Å²) in [4.78, 5) is 4.49. The van der Waals surface area contributed by atoms with Crippen LogP contribution in [0.2, 0.25) is 0 Å². The number of rotatable bonds is 4. The molecule has 1 heterocycles. The second kappa shape index (κ2) is 8.23. The SMILES string of the molecule is C=C1N=C(C[C@@H](C)[C@H]2CCC3C4C([C@@H](O)C[C@@]32C)[C@@]2(C)CC[C@@H](O)C[C@H]2[C@@H](CC)[C@H]4O)NN1. The van der Waals surface area contributed by atoms with Gasteiger partial charge in [-0.25, -0.2) is 4.99 Å². The van der Waals surface area contributed by atoms with Crippen LogP contribution in [0.15, 0.2) is 17.4 Å². The number of aliphatic hydroxyl groups excluding tert-OH is 3. The van der Waals surface area contributed by atoms with Gasteiger partial charge in [-0.15, -0.1) is 0 Å². The first-order valence-electron chi connectivity index (χ1n) is 13.4. The lowest BCUT2D eigenvalue weighted by Crippen LogP contribution is -2.65. The maximum atomic E-state index is 11.8. The molecule has 4 fully saturated rings. The van der Waals surface area contributed by atoms with E-state index in [1.165, 1.54) is 0 Å². The van der Waals surface area contributed by atoms with Gasteiger partial charge in [-0.3, -0.25) is 10.9 Å². The molecule has 0 bridgehead atoms. The van der Waals surface area contributed by atoms with Crippen LogP contribution in [0, 0.1) is 52.3 Å². The predicted molar refractivity (Wildman–Crippen MR) is 130 cm³/mol. The van der Waals surface area contributed by atoms with Crippen molar-refractivity contribution in [2.24, 2.45) is 57.2 Å². The van der Waals surface area contributed by atoms with Crippen molar-refractivity contribution in [2.45, 2.75) is 97.4 Å². The van der Waals surface area contributed by atoms with Gasteiger partial charge >= 0.3 is 0 Å². The molecule has 3 unspecified atom stereocenters. The Labute approximate surface area is 199 Å². The maximum absolute atomic E-state index is 11.8. The number of fused-ring (bicyclic) bond motifs is 5. The van der Waals surface area contributed by atoms with Crippen LogP contribution in [-0.2, 0) is 0 Å². The monoisotopic (exact) mass is 459 g/mol. The van der Waals surface area contributed by atoms with Crippen molar-refractivity contribution in [3.05, 3.63) is 12.4 Å². The summed E-state index contributed by atoms with van der Waals surface area (Å²) in [5.41, 5.74) is 6.17. The van der Waals surface area contributed by atoms with Crippen molar-refractivity contribution in [2.75, 3.05) is 0 Å². The lowest BCUT2D eigenvalue weighted by atomic mass is 9.40. The smallest absolute Gasteiger partial charge is 0.139 e. The minimum absolute atomic E-state index is 0.00276. The first-order chi connectivity index (χ1) is 15.6. The van der Waals surface area contributed by atoms with E-state index in [0.29, 0.717) is 29.5 Å². The van der Waals surface area contributed by atoms with E-state index < -0.39 is 0 Å². The van der Waals surface area contributed by atoms with Crippen LogP contribution in [0.25, 0.3) is 0 Å². The number of nitrogens with zero attached hydrogens (tertiary/aromatic N) is 1. The Morgan fingerprint density at radius 3 is 2.52 bits per heavy atom. The quantitative estimate of drug-likeness (QED) is 0.443. The summed E-state index contributed by atoms with van der Waals surface area (Å²) in [6.07, 6.45) is 6.47. The molecule has 0 radical (unpaired) electrons. The summed E-state index contributed by atoms with van der Waals surface area (Å²) in [6.45, 7) is 13.2. The van der Waals surface area contributed by atoms with Crippen molar-refractivity contribution in [3.63, 3.8) is 0 Å². The van der Waals surface area contributed by atoms with Gasteiger partial charge in [0, 0.05) is 6.42 Å². The van der Waals surface area contributed by atoms with E-state index in [9.17, 15) is 15.3 Å². The Morgan fingerprint density at radius 2 is 1.85 bits per heavy atom. The van der Waals surface area contributed by atoms with Crippen LogP contribution < -0.4 is 10.9 Å². The third-order valence-corrected chi connectivity index (χ3v) is 11.2. The third kappa shape index (κ3) is 3.49. The van der Waals surface area contributed by atoms with Gasteiger partial charge in [0.25, 0.3) is 0 Å². The van der Waals surface area contributed by atoms with Crippen molar-refractivity contribution >= 4 is 5.84 Å². The van der Waals surface area contributed by atoms with Gasteiger partial charge < -0.3 is 15.3 Å². The fraction of sp³-hybridized carbons (Fsp3) is 0.889. The molecule has 0 spiro atoms. The molecule has 1 aliphatic heterocycles. The van der Waals surface area contributed by atoms with Gasteiger partial charge in [-0.1, -0.05) is 40.7 Å². The Balaban J connectivity index is 1.45. The zero-order chi connectivity index (χ0) is 23.7. The molecule has 6 nitrogen and oxygen atoms in total. The minimum atomic E-state index is -0.386. The van der Waals surface area contributed by atoms with E-state index in [4.69, 9.17) is 0 Å². The Kier molecular flexibility index (Phi) is 5.90. The number of amidine groups is 1. The summed E-state index contributed by atoms with van der Waals surface area (Å²) >= 11 is 0. The highest BCUT2D eigenvalue weighted by atomic mass is 16.3. The molecular formula is C27H45N3O3. The first kappa shape index (κ1) is 23.6. The predicted octanol–water partition coefficient (Wildman–Crippen LogP) is 3.59. The number of hydrogen-bond acceptors (Lipinski definition) is 6. The maximum Gasteiger partial charge on any atom is 0.139 e. The number of hydrogen-bond donors (Lipinski definition) is 5.